The average Bonchev–Trinajstić information content (AvgIpc) is 3.13. The van der Waals surface area contributed by atoms with E-state index in [9.17, 15) is 14.9 Å². The van der Waals surface area contributed by atoms with E-state index < -0.39 is 4.92 Å². The van der Waals surface area contributed by atoms with Crippen molar-refractivity contribution in [1.82, 2.24) is 15.1 Å². The van der Waals surface area contributed by atoms with Crippen molar-refractivity contribution in [1.29, 1.82) is 0 Å². The second-order valence-corrected chi connectivity index (χ2v) is 7.03. The quantitative estimate of drug-likeness (QED) is 0.362. The van der Waals surface area contributed by atoms with E-state index in [0.717, 1.165) is 29.7 Å². The second-order valence-electron chi connectivity index (χ2n) is 7.03. The third-order valence-electron chi connectivity index (χ3n) is 4.71. The van der Waals surface area contributed by atoms with Crippen LogP contribution >= 0.6 is 0 Å². The first-order valence-corrected chi connectivity index (χ1v) is 9.61. The molecule has 0 aliphatic rings. The maximum absolute atomic E-state index is 12.8. The Morgan fingerprint density at radius 2 is 1.86 bits per heavy atom. The lowest BCUT2D eigenvalue weighted by atomic mass is 10.1. The topological polar surface area (TPSA) is 90.1 Å². The molecule has 3 rings (SSSR count). The van der Waals surface area contributed by atoms with Crippen LogP contribution in [0.15, 0.2) is 48.5 Å². The van der Waals surface area contributed by atoms with Crippen LogP contribution in [0.25, 0.3) is 16.9 Å². The lowest BCUT2D eigenvalue weighted by Gasteiger charge is -2.11. The third kappa shape index (κ3) is 4.51. The van der Waals surface area contributed by atoms with Crippen LogP contribution in [0.1, 0.15) is 41.4 Å². The molecule has 29 heavy (non-hydrogen) atoms. The summed E-state index contributed by atoms with van der Waals surface area (Å²) < 4.78 is 1.65. The van der Waals surface area contributed by atoms with Gasteiger partial charge in [-0.15, -0.1) is 0 Å². The van der Waals surface area contributed by atoms with Gasteiger partial charge in [-0.05, 0) is 50.1 Å². The van der Waals surface area contributed by atoms with Gasteiger partial charge in [0.1, 0.15) is 5.69 Å². The highest BCUT2D eigenvalue weighted by Crippen LogP contribution is 2.25. The molecular weight excluding hydrogens is 368 g/mol. The van der Waals surface area contributed by atoms with Crippen molar-refractivity contribution in [2.75, 3.05) is 6.54 Å². The Morgan fingerprint density at radius 1 is 1.14 bits per heavy atom. The molecule has 7 heteroatoms. The van der Waals surface area contributed by atoms with Crippen LogP contribution < -0.4 is 5.32 Å². The maximum atomic E-state index is 12.8. The summed E-state index contributed by atoms with van der Waals surface area (Å²) in [4.78, 5) is 23.3. The number of nitrogens with one attached hydrogen (secondary N) is 1. The van der Waals surface area contributed by atoms with Gasteiger partial charge in [0.25, 0.3) is 11.6 Å². The minimum Gasteiger partial charge on any atom is -0.351 e. The number of benzene rings is 2. The molecule has 0 unspecified atom stereocenters. The molecule has 150 valence electrons. The zero-order valence-electron chi connectivity index (χ0n) is 16.8. The van der Waals surface area contributed by atoms with Gasteiger partial charge < -0.3 is 5.32 Å². The van der Waals surface area contributed by atoms with E-state index in [1.54, 1.807) is 22.9 Å². The Bertz CT molecular complexity index is 1040. The first-order chi connectivity index (χ1) is 13.9. The standard InChI is InChI=1S/C22H24N4O3/c1-4-5-12-23-22(27)21-14-19(17-7-9-18(10-8-17)26(28)29)24-25(21)20-11-6-15(2)13-16(20)3/h6-11,13-14H,4-5,12H2,1-3H3,(H,23,27). The fraction of sp³-hybridized carbons (Fsp3) is 0.273. The molecule has 0 fully saturated rings. The van der Waals surface area contributed by atoms with Crippen LogP contribution in [-0.2, 0) is 0 Å². The van der Waals surface area contributed by atoms with E-state index in [4.69, 9.17) is 0 Å². The predicted octanol–water partition coefficient (Wildman–Crippen LogP) is 4.59. The first-order valence-electron chi connectivity index (χ1n) is 9.61. The van der Waals surface area contributed by atoms with Crippen LogP contribution in [0.5, 0.6) is 0 Å². The van der Waals surface area contributed by atoms with Crippen LogP contribution in [0, 0.1) is 24.0 Å². The number of aromatic nitrogens is 2. The van der Waals surface area contributed by atoms with Crippen molar-refractivity contribution >= 4 is 11.6 Å². The van der Waals surface area contributed by atoms with Crippen molar-refractivity contribution in [2.24, 2.45) is 0 Å². The monoisotopic (exact) mass is 392 g/mol. The predicted molar refractivity (Wildman–Crippen MR) is 112 cm³/mol. The average molecular weight is 392 g/mol. The minimum atomic E-state index is -0.440. The lowest BCUT2D eigenvalue weighted by molar-refractivity contribution is -0.384. The highest BCUT2D eigenvalue weighted by atomic mass is 16.6. The molecule has 0 atom stereocenters. The molecule has 0 aliphatic heterocycles. The van der Waals surface area contributed by atoms with Crippen molar-refractivity contribution < 1.29 is 9.72 Å². The van der Waals surface area contributed by atoms with E-state index >= 15 is 0 Å². The number of unbranched alkanes of at least 4 members (excludes halogenated alkanes) is 1. The first kappa shape index (κ1) is 20.3. The number of rotatable bonds is 7. The number of non-ortho nitro benzene ring substituents is 1. The number of hydrogen-bond acceptors (Lipinski definition) is 4. The van der Waals surface area contributed by atoms with Crippen LogP contribution in [0.3, 0.4) is 0 Å². The molecule has 0 radical (unpaired) electrons. The van der Waals surface area contributed by atoms with E-state index in [1.165, 1.54) is 12.1 Å². The van der Waals surface area contributed by atoms with Crippen LogP contribution in [0.4, 0.5) is 5.69 Å². The number of aryl methyl sites for hydroxylation is 2. The summed E-state index contributed by atoms with van der Waals surface area (Å²) in [6, 6.07) is 13.9. The number of carbonyl (C=O) groups is 1. The largest absolute Gasteiger partial charge is 0.351 e. The number of nitro benzene ring substituents is 1. The van der Waals surface area contributed by atoms with Gasteiger partial charge in [-0.2, -0.15) is 5.10 Å². The zero-order valence-corrected chi connectivity index (χ0v) is 16.8. The fourth-order valence-corrected chi connectivity index (χ4v) is 3.13. The highest BCUT2D eigenvalue weighted by Gasteiger charge is 2.19. The molecule has 0 spiro atoms. The summed E-state index contributed by atoms with van der Waals surface area (Å²) in [5.41, 5.74) is 4.70. The Kier molecular flexibility index (Phi) is 6.07. The Hall–Kier alpha value is -3.48. The van der Waals surface area contributed by atoms with Gasteiger partial charge in [0.15, 0.2) is 0 Å². The Morgan fingerprint density at radius 3 is 2.48 bits per heavy atom. The normalized spacial score (nSPS) is 10.7. The summed E-state index contributed by atoms with van der Waals surface area (Å²) in [6.45, 7) is 6.66. The van der Waals surface area contributed by atoms with Gasteiger partial charge in [-0.3, -0.25) is 14.9 Å². The van der Waals surface area contributed by atoms with E-state index in [2.05, 4.69) is 17.3 Å². The number of nitrogens with zero attached hydrogens (tertiary/aromatic N) is 3. The van der Waals surface area contributed by atoms with E-state index in [1.807, 2.05) is 32.0 Å². The SMILES string of the molecule is CCCCNC(=O)c1cc(-c2ccc([N+](=O)[O-])cc2)nn1-c1ccc(C)cc1C. The summed E-state index contributed by atoms with van der Waals surface area (Å²) in [7, 11) is 0. The highest BCUT2D eigenvalue weighted by molar-refractivity contribution is 5.94. The Balaban J connectivity index is 2.05. The summed E-state index contributed by atoms with van der Waals surface area (Å²) in [5.74, 6) is -0.195. The molecule has 0 saturated heterocycles. The maximum Gasteiger partial charge on any atom is 0.270 e. The zero-order chi connectivity index (χ0) is 21.0. The summed E-state index contributed by atoms with van der Waals surface area (Å²) in [5, 5.41) is 18.5. The second kappa shape index (κ2) is 8.68. The smallest absolute Gasteiger partial charge is 0.270 e. The lowest BCUT2D eigenvalue weighted by Crippen LogP contribution is -2.26. The number of amides is 1. The molecule has 0 aliphatic carbocycles. The molecule has 1 amide bonds. The van der Waals surface area contributed by atoms with E-state index in [0.29, 0.717) is 23.5 Å². The molecule has 1 N–H and O–H groups in total. The number of hydrogen-bond donors (Lipinski definition) is 1. The van der Waals surface area contributed by atoms with Gasteiger partial charge in [0, 0.05) is 24.2 Å². The van der Waals surface area contributed by atoms with Gasteiger partial charge >= 0.3 is 0 Å². The van der Waals surface area contributed by atoms with Crippen molar-refractivity contribution in [3.05, 3.63) is 75.5 Å². The van der Waals surface area contributed by atoms with Gasteiger partial charge in [-0.1, -0.05) is 31.0 Å². The van der Waals surface area contributed by atoms with E-state index in [-0.39, 0.29) is 11.6 Å². The molecule has 0 bridgehead atoms. The van der Waals surface area contributed by atoms with Crippen molar-refractivity contribution in [2.45, 2.75) is 33.6 Å². The van der Waals surface area contributed by atoms with Crippen LogP contribution in [-0.4, -0.2) is 27.2 Å². The number of nitro groups is 1. The molecule has 1 aromatic heterocycles. The van der Waals surface area contributed by atoms with Crippen molar-refractivity contribution in [3.8, 4) is 16.9 Å². The van der Waals surface area contributed by atoms with Gasteiger partial charge in [0.2, 0.25) is 0 Å². The summed E-state index contributed by atoms with van der Waals surface area (Å²) in [6.07, 6.45) is 1.89. The Labute approximate surface area is 169 Å². The van der Waals surface area contributed by atoms with Crippen molar-refractivity contribution in [3.63, 3.8) is 0 Å². The van der Waals surface area contributed by atoms with Gasteiger partial charge in [-0.25, -0.2) is 4.68 Å². The molecule has 3 aromatic rings. The fourth-order valence-electron chi connectivity index (χ4n) is 3.13. The van der Waals surface area contributed by atoms with Gasteiger partial charge in [0.05, 0.1) is 16.3 Å². The third-order valence-corrected chi connectivity index (χ3v) is 4.71. The molecule has 7 nitrogen and oxygen atoms in total. The minimum absolute atomic E-state index is 0.0140. The molecule has 2 aromatic carbocycles. The molecule has 0 saturated carbocycles. The molecular formula is C22H24N4O3. The van der Waals surface area contributed by atoms with Crippen LogP contribution in [0.2, 0.25) is 0 Å². The molecule has 1 heterocycles. The summed E-state index contributed by atoms with van der Waals surface area (Å²) >= 11 is 0. The number of carbonyl (C=O) groups excluding carboxylic acids is 1.